The van der Waals surface area contributed by atoms with Crippen molar-refractivity contribution in [3.8, 4) is 5.75 Å². The summed E-state index contributed by atoms with van der Waals surface area (Å²) in [5.74, 6) is 1.05. The fourth-order valence-corrected chi connectivity index (χ4v) is 2.60. The molecule has 1 aromatic heterocycles. The lowest BCUT2D eigenvalue weighted by atomic mass is 10.1. The molecule has 0 bridgehead atoms. The molecule has 0 spiro atoms. The van der Waals surface area contributed by atoms with Crippen LogP contribution in [0.3, 0.4) is 0 Å². The van der Waals surface area contributed by atoms with Crippen LogP contribution in [0, 0.1) is 0 Å². The SMILES string of the molecule is COc1cccc(NC(=O)c2cccnc2NCCc2ccccc2)c1. The number of methoxy groups -OCH3 is 1. The lowest BCUT2D eigenvalue weighted by Crippen LogP contribution is -2.16. The van der Waals surface area contributed by atoms with Crippen LogP contribution >= 0.6 is 0 Å². The molecule has 5 heteroatoms. The van der Waals surface area contributed by atoms with Gasteiger partial charge in [0.25, 0.3) is 5.91 Å². The summed E-state index contributed by atoms with van der Waals surface area (Å²) in [5, 5.41) is 6.14. The van der Waals surface area contributed by atoms with Crippen LogP contribution in [0.5, 0.6) is 5.75 Å². The Kier molecular flexibility index (Phi) is 5.83. The molecule has 1 amide bonds. The van der Waals surface area contributed by atoms with Crippen LogP contribution in [0.15, 0.2) is 72.9 Å². The number of rotatable bonds is 7. The van der Waals surface area contributed by atoms with E-state index in [0.29, 0.717) is 29.4 Å². The van der Waals surface area contributed by atoms with Crippen molar-refractivity contribution in [3.05, 3.63) is 84.1 Å². The number of hydrogen-bond donors (Lipinski definition) is 2. The van der Waals surface area contributed by atoms with E-state index in [9.17, 15) is 4.79 Å². The maximum atomic E-state index is 12.6. The molecule has 132 valence electrons. The van der Waals surface area contributed by atoms with Crippen LogP contribution in [-0.2, 0) is 6.42 Å². The molecule has 3 aromatic rings. The zero-order valence-electron chi connectivity index (χ0n) is 14.6. The summed E-state index contributed by atoms with van der Waals surface area (Å²) < 4.78 is 5.19. The van der Waals surface area contributed by atoms with Crippen molar-refractivity contribution in [2.75, 3.05) is 24.3 Å². The smallest absolute Gasteiger partial charge is 0.259 e. The Hall–Kier alpha value is -3.34. The van der Waals surface area contributed by atoms with Crippen molar-refractivity contribution in [3.63, 3.8) is 0 Å². The van der Waals surface area contributed by atoms with Gasteiger partial charge in [-0.3, -0.25) is 4.79 Å². The molecule has 0 radical (unpaired) electrons. The lowest BCUT2D eigenvalue weighted by Gasteiger charge is -2.12. The van der Waals surface area contributed by atoms with E-state index in [1.165, 1.54) is 5.56 Å². The molecule has 3 rings (SSSR count). The van der Waals surface area contributed by atoms with Gasteiger partial charge in [0, 0.05) is 24.5 Å². The van der Waals surface area contributed by atoms with Crippen LogP contribution in [-0.4, -0.2) is 24.5 Å². The van der Waals surface area contributed by atoms with Crippen LogP contribution in [0.4, 0.5) is 11.5 Å². The predicted octanol–water partition coefficient (Wildman–Crippen LogP) is 4.00. The third-order valence-corrected chi connectivity index (χ3v) is 3.93. The molecule has 0 aliphatic rings. The number of carbonyl (C=O) groups is 1. The monoisotopic (exact) mass is 347 g/mol. The molecule has 26 heavy (non-hydrogen) atoms. The van der Waals surface area contributed by atoms with Gasteiger partial charge in [0.15, 0.2) is 0 Å². The number of hydrogen-bond acceptors (Lipinski definition) is 4. The Labute approximate surface area is 153 Å². The summed E-state index contributed by atoms with van der Waals surface area (Å²) in [6.45, 7) is 0.695. The summed E-state index contributed by atoms with van der Waals surface area (Å²) >= 11 is 0. The van der Waals surface area contributed by atoms with Gasteiger partial charge in [0.2, 0.25) is 0 Å². The number of carbonyl (C=O) groups excluding carboxylic acids is 1. The van der Waals surface area contributed by atoms with Gasteiger partial charge in [-0.05, 0) is 36.2 Å². The highest BCUT2D eigenvalue weighted by Crippen LogP contribution is 2.19. The van der Waals surface area contributed by atoms with Crippen molar-refractivity contribution < 1.29 is 9.53 Å². The van der Waals surface area contributed by atoms with E-state index in [2.05, 4.69) is 27.8 Å². The fraction of sp³-hybridized carbons (Fsp3) is 0.143. The van der Waals surface area contributed by atoms with Crippen molar-refractivity contribution in [2.45, 2.75) is 6.42 Å². The summed E-state index contributed by atoms with van der Waals surface area (Å²) in [4.78, 5) is 16.9. The zero-order valence-corrected chi connectivity index (χ0v) is 14.6. The third-order valence-electron chi connectivity index (χ3n) is 3.93. The normalized spacial score (nSPS) is 10.2. The molecule has 0 fully saturated rings. The molecule has 0 unspecified atom stereocenters. The topological polar surface area (TPSA) is 63.2 Å². The number of nitrogens with one attached hydrogen (secondary N) is 2. The molecule has 0 aliphatic heterocycles. The molecule has 1 heterocycles. The van der Waals surface area contributed by atoms with E-state index >= 15 is 0 Å². The zero-order chi connectivity index (χ0) is 18.2. The Morgan fingerprint density at radius 2 is 1.88 bits per heavy atom. The number of amides is 1. The largest absolute Gasteiger partial charge is 0.497 e. The molecular formula is C21H21N3O2. The third kappa shape index (κ3) is 4.60. The molecule has 0 aliphatic carbocycles. The minimum atomic E-state index is -0.214. The quantitative estimate of drug-likeness (QED) is 0.678. The maximum Gasteiger partial charge on any atom is 0.259 e. The van der Waals surface area contributed by atoms with Gasteiger partial charge >= 0.3 is 0 Å². The van der Waals surface area contributed by atoms with E-state index in [1.54, 1.807) is 31.5 Å². The lowest BCUT2D eigenvalue weighted by molar-refractivity contribution is 0.102. The van der Waals surface area contributed by atoms with E-state index in [4.69, 9.17) is 4.74 Å². The molecule has 2 aromatic carbocycles. The number of aromatic nitrogens is 1. The van der Waals surface area contributed by atoms with Crippen molar-refractivity contribution in [1.29, 1.82) is 0 Å². The number of ether oxygens (including phenoxy) is 1. The van der Waals surface area contributed by atoms with E-state index in [1.807, 2.05) is 36.4 Å². The molecule has 0 saturated heterocycles. The molecule has 0 saturated carbocycles. The van der Waals surface area contributed by atoms with Crippen LogP contribution < -0.4 is 15.4 Å². The first kappa shape index (κ1) is 17.5. The highest BCUT2D eigenvalue weighted by atomic mass is 16.5. The number of anilines is 2. The Bertz CT molecular complexity index is 866. The average molecular weight is 347 g/mol. The van der Waals surface area contributed by atoms with Gasteiger partial charge < -0.3 is 15.4 Å². The van der Waals surface area contributed by atoms with Gasteiger partial charge in [0.1, 0.15) is 11.6 Å². The number of benzene rings is 2. The Morgan fingerprint density at radius 1 is 1.04 bits per heavy atom. The Balaban J connectivity index is 1.66. The number of pyridine rings is 1. The van der Waals surface area contributed by atoms with Gasteiger partial charge in [-0.2, -0.15) is 0 Å². The maximum absolute atomic E-state index is 12.6. The summed E-state index contributed by atoms with van der Waals surface area (Å²) in [7, 11) is 1.59. The fourth-order valence-electron chi connectivity index (χ4n) is 2.60. The highest BCUT2D eigenvalue weighted by molar-refractivity contribution is 6.07. The molecular weight excluding hydrogens is 326 g/mol. The first-order valence-corrected chi connectivity index (χ1v) is 8.44. The second-order valence-corrected chi connectivity index (χ2v) is 5.75. The van der Waals surface area contributed by atoms with Crippen molar-refractivity contribution in [1.82, 2.24) is 4.98 Å². The first-order valence-electron chi connectivity index (χ1n) is 8.44. The van der Waals surface area contributed by atoms with Gasteiger partial charge in [0.05, 0.1) is 12.7 Å². The van der Waals surface area contributed by atoms with Crippen molar-refractivity contribution in [2.24, 2.45) is 0 Å². The van der Waals surface area contributed by atoms with Crippen LogP contribution in [0.2, 0.25) is 0 Å². The van der Waals surface area contributed by atoms with Crippen LogP contribution in [0.1, 0.15) is 15.9 Å². The molecule has 5 nitrogen and oxygen atoms in total. The number of nitrogens with zero attached hydrogens (tertiary/aromatic N) is 1. The summed E-state index contributed by atoms with van der Waals surface area (Å²) in [6.07, 6.45) is 2.53. The average Bonchev–Trinajstić information content (AvgIpc) is 2.69. The van der Waals surface area contributed by atoms with Crippen LogP contribution in [0.25, 0.3) is 0 Å². The minimum absolute atomic E-state index is 0.214. The van der Waals surface area contributed by atoms with E-state index in [-0.39, 0.29) is 5.91 Å². The Morgan fingerprint density at radius 3 is 2.69 bits per heavy atom. The van der Waals surface area contributed by atoms with Gasteiger partial charge in [-0.25, -0.2) is 4.98 Å². The van der Waals surface area contributed by atoms with Gasteiger partial charge in [-0.15, -0.1) is 0 Å². The molecule has 2 N–H and O–H groups in total. The first-order chi connectivity index (χ1) is 12.8. The second-order valence-electron chi connectivity index (χ2n) is 5.75. The van der Waals surface area contributed by atoms with Gasteiger partial charge in [-0.1, -0.05) is 36.4 Å². The van der Waals surface area contributed by atoms with Crippen molar-refractivity contribution >= 4 is 17.4 Å². The summed E-state index contributed by atoms with van der Waals surface area (Å²) in [5.41, 5.74) is 2.41. The summed E-state index contributed by atoms with van der Waals surface area (Å²) in [6, 6.07) is 21.0. The molecule has 0 atom stereocenters. The predicted molar refractivity (Wildman–Crippen MR) is 104 cm³/mol. The second kappa shape index (κ2) is 8.67. The minimum Gasteiger partial charge on any atom is -0.497 e. The standard InChI is InChI=1S/C21H21N3O2/c1-26-18-10-5-9-17(15-18)24-21(25)19-11-6-13-22-20(19)23-14-12-16-7-3-2-4-8-16/h2-11,13,15H,12,14H2,1H3,(H,22,23)(H,24,25). The highest BCUT2D eigenvalue weighted by Gasteiger charge is 2.12. The van der Waals surface area contributed by atoms with E-state index in [0.717, 1.165) is 6.42 Å². The van der Waals surface area contributed by atoms with E-state index < -0.39 is 0 Å².